The van der Waals surface area contributed by atoms with E-state index in [9.17, 15) is 9.18 Å². The van der Waals surface area contributed by atoms with Gasteiger partial charge in [0, 0.05) is 6.42 Å². The van der Waals surface area contributed by atoms with Crippen LogP contribution < -0.4 is 0 Å². The van der Waals surface area contributed by atoms with Crippen molar-refractivity contribution in [3.63, 3.8) is 0 Å². The normalized spacial score (nSPS) is 41.0. The van der Waals surface area contributed by atoms with Gasteiger partial charge >= 0.3 is 0 Å². The highest BCUT2D eigenvalue weighted by Crippen LogP contribution is 2.66. The number of hydrogen-bond donors (Lipinski definition) is 0. The van der Waals surface area contributed by atoms with E-state index in [2.05, 4.69) is 26.5 Å². The number of halogens is 1. The van der Waals surface area contributed by atoms with Gasteiger partial charge in [-0.25, -0.2) is 0 Å². The van der Waals surface area contributed by atoms with Gasteiger partial charge in [-0.15, -0.1) is 6.58 Å². The standard InChI is InChI=1S/C25H41FO.C2H6/c1-5-7-19-10-12-21-22-13-11-20(9-6-8-18(2)27)24(22,3)15-14-23(21)25(19,4)16-17-26;1-2/h5,19-23H,1,6-17H2,2-4H3;1-2H3. The van der Waals surface area contributed by atoms with Crippen LogP contribution in [0.4, 0.5) is 4.39 Å². The average Bonchev–Trinajstić information content (AvgIpc) is 3.02. The molecule has 0 aromatic rings. The molecule has 0 saturated heterocycles. The van der Waals surface area contributed by atoms with Crippen LogP contribution in [0.5, 0.6) is 0 Å². The second kappa shape index (κ2) is 10.6. The summed E-state index contributed by atoms with van der Waals surface area (Å²) in [6.45, 7) is 14.5. The van der Waals surface area contributed by atoms with Gasteiger partial charge < -0.3 is 4.79 Å². The molecular weight excluding hydrogens is 359 g/mol. The Morgan fingerprint density at radius 1 is 1.07 bits per heavy atom. The van der Waals surface area contributed by atoms with E-state index >= 15 is 0 Å². The minimum atomic E-state index is -0.178. The maximum absolute atomic E-state index is 13.6. The summed E-state index contributed by atoms with van der Waals surface area (Å²) in [7, 11) is 0. The van der Waals surface area contributed by atoms with Crippen LogP contribution in [-0.4, -0.2) is 12.5 Å². The highest BCUT2D eigenvalue weighted by Gasteiger charge is 2.58. The molecule has 0 amide bonds. The summed E-state index contributed by atoms with van der Waals surface area (Å²) in [4.78, 5) is 11.3. The lowest BCUT2D eigenvalue weighted by Gasteiger charge is -2.59. The van der Waals surface area contributed by atoms with Crippen molar-refractivity contribution in [1.82, 2.24) is 0 Å². The maximum Gasteiger partial charge on any atom is 0.129 e. The number of alkyl halides is 1. The predicted molar refractivity (Wildman–Crippen MR) is 123 cm³/mol. The van der Waals surface area contributed by atoms with E-state index in [0.717, 1.165) is 43.4 Å². The fourth-order valence-corrected chi connectivity index (χ4v) is 7.90. The number of allylic oxidation sites excluding steroid dienone is 1. The second-order valence-electron chi connectivity index (χ2n) is 10.5. The number of carbonyl (C=O) groups excluding carboxylic acids is 1. The first-order valence-corrected chi connectivity index (χ1v) is 12.5. The Bertz CT molecular complexity index is 543. The summed E-state index contributed by atoms with van der Waals surface area (Å²) < 4.78 is 13.6. The van der Waals surface area contributed by atoms with Gasteiger partial charge in [0.2, 0.25) is 0 Å². The molecule has 1 nitrogen and oxygen atoms in total. The summed E-state index contributed by atoms with van der Waals surface area (Å²) in [6, 6.07) is 0. The molecule has 0 bridgehead atoms. The molecule has 2 heteroatoms. The van der Waals surface area contributed by atoms with Crippen molar-refractivity contribution >= 4 is 5.78 Å². The van der Waals surface area contributed by atoms with Gasteiger partial charge in [-0.05, 0) is 112 Å². The van der Waals surface area contributed by atoms with Gasteiger partial charge in [-0.1, -0.05) is 33.8 Å². The van der Waals surface area contributed by atoms with Crippen LogP contribution in [0.2, 0.25) is 0 Å². The molecule has 7 unspecified atom stereocenters. The number of fused-ring (bicyclic) bond motifs is 3. The fraction of sp³-hybridized carbons (Fsp3) is 0.889. The van der Waals surface area contributed by atoms with Crippen molar-refractivity contribution in [2.24, 2.45) is 40.4 Å². The molecule has 3 saturated carbocycles. The van der Waals surface area contributed by atoms with Gasteiger partial charge in [0.05, 0.1) is 6.67 Å². The number of carbonyl (C=O) groups is 1. The Labute approximate surface area is 180 Å². The van der Waals surface area contributed by atoms with E-state index < -0.39 is 0 Å². The third-order valence-electron chi connectivity index (χ3n) is 9.43. The van der Waals surface area contributed by atoms with E-state index in [4.69, 9.17) is 0 Å². The van der Waals surface area contributed by atoms with Crippen LogP contribution in [0.15, 0.2) is 12.7 Å². The molecule has 0 N–H and O–H groups in total. The largest absolute Gasteiger partial charge is 0.300 e. The van der Waals surface area contributed by atoms with Crippen LogP contribution in [0, 0.1) is 40.4 Å². The molecule has 0 aliphatic heterocycles. The van der Waals surface area contributed by atoms with Crippen molar-refractivity contribution in [2.75, 3.05) is 6.67 Å². The lowest BCUT2D eigenvalue weighted by molar-refractivity contribution is -0.117. The molecule has 0 aromatic carbocycles. The van der Waals surface area contributed by atoms with Crippen LogP contribution in [0.1, 0.15) is 105 Å². The minimum Gasteiger partial charge on any atom is -0.300 e. The zero-order valence-corrected chi connectivity index (χ0v) is 19.9. The molecule has 29 heavy (non-hydrogen) atoms. The van der Waals surface area contributed by atoms with Crippen molar-refractivity contribution in [1.29, 1.82) is 0 Å². The number of ketones is 1. The first-order chi connectivity index (χ1) is 13.9. The number of hydrogen-bond acceptors (Lipinski definition) is 1. The predicted octanol–water partition coefficient (Wildman–Crippen LogP) is 8.18. The Morgan fingerprint density at radius 2 is 1.76 bits per heavy atom. The molecule has 0 radical (unpaired) electrons. The van der Waals surface area contributed by atoms with E-state index in [1.165, 1.54) is 44.9 Å². The van der Waals surface area contributed by atoms with Crippen LogP contribution in [-0.2, 0) is 4.79 Å². The van der Waals surface area contributed by atoms with Gasteiger partial charge in [-0.3, -0.25) is 4.39 Å². The molecule has 7 atom stereocenters. The SMILES string of the molecule is C=CCC1CCC2C(CCC3(C)C(CCCC(C)=O)CCC23)C1(C)CCF.CC. The number of Topliss-reactive ketones (excluding diaryl/α,β-unsaturated/α-hetero) is 1. The summed E-state index contributed by atoms with van der Waals surface area (Å²) in [5.41, 5.74) is 0.611. The van der Waals surface area contributed by atoms with Gasteiger partial charge in [0.1, 0.15) is 5.78 Å². The molecule has 0 spiro atoms. The first kappa shape index (κ1) is 24.6. The molecule has 3 aliphatic carbocycles. The quantitative estimate of drug-likeness (QED) is 0.371. The fourth-order valence-electron chi connectivity index (χ4n) is 7.90. The van der Waals surface area contributed by atoms with Gasteiger partial charge in [0.25, 0.3) is 0 Å². The topological polar surface area (TPSA) is 17.1 Å². The van der Waals surface area contributed by atoms with E-state index in [0.29, 0.717) is 23.0 Å². The summed E-state index contributed by atoms with van der Waals surface area (Å²) in [5.74, 6) is 4.05. The van der Waals surface area contributed by atoms with Crippen molar-refractivity contribution < 1.29 is 9.18 Å². The molecule has 0 aromatic heterocycles. The molecule has 168 valence electrons. The third kappa shape index (κ3) is 4.82. The smallest absolute Gasteiger partial charge is 0.129 e. The monoisotopic (exact) mass is 406 g/mol. The zero-order valence-electron chi connectivity index (χ0n) is 19.9. The zero-order chi connectivity index (χ0) is 21.7. The van der Waals surface area contributed by atoms with Crippen LogP contribution in [0.3, 0.4) is 0 Å². The Kier molecular flexibility index (Phi) is 8.98. The minimum absolute atomic E-state index is 0.153. The third-order valence-corrected chi connectivity index (χ3v) is 9.43. The summed E-state index contributed by atoms with van der Waals surface area (Å²) >= 11 is 0. The van der Waals surface area contributed by atoms with Gasteiger partial charge in [0.15, 0.2) is 0 Å². The number of rotatable bonds is 8. The highest BCUT2D eigenvalue weighted by molar-refractivity contribution is 5.75. The van der Waals surface area contributed by atoms with Crippen molar-refractivity contribution in [3.8, 4) is 0 Å². The Balaban J connectivity index is 0.00000145. The first-order valence-electron chi connectivity index (χ1n) is 12.5. The average molecular weight is 407 g/mol. The van der Waals surface area contributed by atoms with E-state index in [-0.39, 0.29) is 12.1 Å². The lowest BCUT2D eigenvalue weighted by Crippen LogP contribution is -2.52. The molecule has 3 rings (SSSR count). The maximum atomic E-state index is 13.6. The van der Waals surface area contributed by atoms with Crippen LogP contribution >= 0.6 is 0 Å². The van der Waals surface area contributed by atoms with Crippen molar-refractivity contribution in [2.45, 2.75) is 105 Å². The summed E-state index contributed by atoms with van der Waals surface area (Å²) in [6.07, 6.45) is 14.8. The second-order valence-corrected chi connectivity index (χ2v) is 10.5. The van der Waals surface area contributed by atoms with Crippen molar-refractivity contribution in [3.05, 3.63) is 12.7 Å². The molecule has 3 fully saturated rings. The molecular formula is C27H47FO. The molecule has 3 aliphatic rings. The molecule has 0 heterocycles. The summed E-state index contributed by atoms with van der Waals surface area (Å²) in [5, 5.41) is 0. The van der Waals surface area contributed by atoms with E-state index in [1.54, 1.807) is 6.92 Å². The van der Waals surface area contributed by atoms with Crippen LogP contribution in [0.25, 0.3) is 0 Å². The lowest BCUT2D eigenvalue weighted by atomic mass is 9.46. The van der Waals surface area contributed by atoms with E-state index in [1.807, 2.05) is 13.8 Å². The Hall–Kier alpha value is -0.660. The Morgan fingerprint density at radius 3 is 2.38 bits per heavy atom. The van der Waals surface area contributed by atoms with Gasteiger partial charge in [-0.2, -0.15) is 0 Å². The highest BCUT2D eigenvalue weighted by atomic mass is 19.1.